The number of nitrogens with one attached hydrogen (secondary N) is 1. The Morgan fingerprint density at radius 2 is 1.94 bits per heavy atom. The van der Waals surface area contributed by atoms with Crippen LogP contribution in [0, 0.1) is 0 Å². The summed E-state index contributed by atoms with van der Waals surface area (Å²) in [6, 6.07) is 8.51. The molecule has 0 aliphatic carbocycles. The predicted octanol–water partition coefficient (Wildman–Crippen LogP) is 5.25. The summed E-state index contributed by atoms with van der Waals surface area (Å²) in [6.45, 7) is 12.7. The molecule has 4 heterocycles. The minimum atomic E-state index is -0.0690. The summed E-state index contributed by atoms with van der Waals surface area (Å²) >= 11 is 1.71. The molecule has 0 unspecified atom stereocenters. The molecule has 0 radical (unpaired) electrons. The number of rotatable bonds is 4. The zero-order valence-corrected chi connectivity index (χ0v) is 21.5. The van der Waals surface area contributed by atoms with Gasteiger partial charge in [0.2, 0.25) is 5.95 Å². The number of benzene rings is 1. The van der Waals surface area contributed by atoms with Crippen LogP contribution in [0.2, 0.25) is 0 Å². The summed E-state index contributed by atoms with van der Waals surface area (Å²) in [5.41, 5.74) is 5.20. The number of likely N-dealkylation sites (N-methyl/N-ethyl adjacent to an activating group) is 1. The number of fused-ring (bicyclic) bond motifs is 2. The molecule has 5 rings (SSSR count). The van der Waals surface area contributed by atoms with E-state index in [9.17, 15) is 4.79 Å². The average molecular weight is 477 g/mol. The van der Waals surface area contributed by atoms with Crippen LogP contribution in [-0.2, 0) is 18.4 Å². The van der Waals surface area contributed by atoms with E-state index < -0.39 is 0 Å². The van der Waals surface area contributed by atoms with Crippen LogP contribution < -0.4 is 10.9 Å². The minimum Gasteiger partial charge on any atom is -0.324 e. The van der Waals surface area contributed by atoms with Gasteiger partial charge in [-0.1, -0.05) is 26.8 Å². The number of aromatic nitrogens is 4. The molecule has 0 atom stereocenters. The van der Waals surface area contributed by atoms with Crippen LogP contribution in [-0.4, -0.2) is 37.8 Å². The second-order valence-electron chi connectivity index (χ2n) is 10.5. The van der Waals surface area contributed by atoms with Gasteiger partial charge in [0.25, 0.3) is 5.56 Å². The average Bonchev–Trinajstić information content (AvgIpc) is 3.36. The SMILES string of the molecule is CC(C)n1c(=O)c2cnc(Nc3ccc4c(c3)CCN(C)C4)nc2n1-c1ccsc1C(C)(C)C. The molecule has 3 aromatic heterocycles. The molecule has 0 bridgehead atoms. The van der Waals surface area contributed by atoms with E-state index in [1.165, 1.54) is 16.0 Å². The standard InChI is InChI=1S/C26H32N6OS/c1-16(2)31-24(33)20-14-27-25(28-19-8-7-18-15-30(6)11-9-17(18)13-19)29-23(20)32(31)21-10-12-34-22(21)26(3,4)5/h7-8,10,12-14,16H,9,11,15H2,1-6H3,(H,27,28,29). The van der Waals surface area contributed by atoms with Gasteiger partial charge in [0.1, 0.15) is 5.39 Å². The van der Waals surface area contributed by atoms with E-state index in [0.717, 1.165) is 30.9 Å². The van der Waals surface area contributed by atoms with Gasteiger partial charge in [-0.15, -0.1) is 11.3 Å². The monoisotopic (exact) mass is 476 g/mol. The second kappa shape index (κ2) is 8.36. The van der Waals surface area contributed by atoms with Gasteiger partial charge < -0.3 is 10.2 Å². The molecule has 178 valence electrons. The molecule has 4 aromatic rings. The topological polar surface area (TPSA) is 68.0 Å². The molecule has 0 spiro atoms. The zero-order chi connectivity index (χ0) is 24.2. The fourth-order valence-corrected chi connectivity index (χ4v) is 5.65. The van der Waals surface area contributed by atoms with Crippen molar-refractivity contribution in [2.24, 2.45) is 0 Å². The predicted molar refractivity (Wildman–Crippen MR) is 140 cm³/mol. The van der Waals surface area contributed by atoms with Gasteiger partial charge in [-0.3, -0.25) is 4.79 Å². The van der Waals surface area contributed by atoms with Crippen LogP contribution in [0.1, 0.15) is 56.7 Å². The Hall–Kier alpha value is -2.97. The number of nitrogens with zero attached hydrogens (tertiary/aromatic N) is 5. The lowest BCUT2D eigenvalue weighted by Crippen LogP contribution is -2.26. The van der Waals surface area contributed by atoms with Gasteiger partial charge in [-0.2, -0.15) is 4.98 Å². The van der Waals surface area contributed by atoms with E-state index in [0.29, 0.717) is 17.0 Å². The first-order chi connectivity index (χ1) is 16.1. The largest absolute Gasteiger partial charge is 0.324 e. The van der Waals surface area contributed by atoms with Crippen molar-refractivity contribution >= 4 is 34.0 Å². The molecule has 0 fully saturated rings. The Labute approximate surface area is 204 Å². The molecule has 8 heteroatoms. The van der Waals surface area contributed by atoms with Crippen LogP contribution in [0.4, 0.5) is 11.6 Å². The highest BCUT2D eigenvalue weighted by Gasteiger charge is 2.26. The quantitative estimate of drug-likeness (QED) is 0.436. The van der Waals surface area contributed by atoms with Crippen molar-refractivity contribution in [2.75, 3.05) is 18.9 Å². The molecule has 1 aromatic carbocycles. The third-order valence-corrected chi connectivity index (χ3v) is 7.66. The first-order valence-electron chi connectivity index (χ1n) is 11.8. The smallest absolute Gasteiger partial charge is 0.278 e. The Balaban J connectivity index is 1.62. The highest BCUT2D eigenvalue weighted by atomic mass is 32.1. The first kappa shape index (κ1) is 22.8. The van der Waals surface area contributed by atoms with Crippen molar-refractivity contribution in [3.05, 3.63) is 62.2 Å². The van der Waals surface area contributed by atoms with E-state index in [1.54, 1.807) is 22.2 Å². The maximum atomic E-state index is 13.3. The normalized spacial score (nSPS) is 14.7. The van der Waals surface area contributed by atoms with E-state index in [2.05, 4.69) is 72.7 Å². The van der Waals surface area contributed by atoms with Gasteiger partial charge in [0, 0.05) is 35.9 Å². The molecule has 1 N–H and O–H groups in total. The highest BCUT2D eigenvalue weighted by molar-refractivity contribution is 7.10. The van der Waals surface area contributed by atoms with Crippen molar-refractivity contribution in [3.63, 3.8) is 0 Å². The van der Waals surface area contributed by atoms with Gasteiger partial charge >= 0.3 is 0 Å². The summed E-state index contributed by atoms with van der Waals surface area (Å²) < 4.78 is 3.77. The van der Waals surface area contributed by atoms with E-state index in [-0.39, 0.29) is 17.0 Å². The zero-order valence-electron chi connectivity index (χ0n) is 20.7. The fourth-order valence-electron chi connectivity index (χ4n) is 4.69. The summed E-state index contributed by atoms with van der Waals surface area (Å²) in [6.07, 6.45) is 2.69. The van der Waals surface area contributed by atoms with Gasteiger partial charge in [0.15, 0.2) is 5.65 Å². The van der Waals surface area contributed by atoms with Crippen LogP contribution >= 0.6 is 11.3 Å². The van der Waals surface area contributed by atoms with Gasteiger partial charge in [0.05, 0.1) is 5.69 Å². The fraction of sp³-hybridized carbons (Fsp3) is 0.423. The molecule has 0 amide bonds. The first-order valence-corrected chi connectivity index (χ1v) is 12.7. The van der Waals surface area contributed by atoms with Crippen LogP contribution in [0.15, 0.2) is 40.6 Å². The minimum absolute atomic E-state index is 0.0235. The molecule has 1 aliphatic rings. The molecular formula is C26H32N6OS. The van der Waals surface area contributed by atoms with Crippen LogP contribution in [0.3, 0.4) is 0 Å². The molecular weight excluding hydrogens is 444 g/mol. The molecule has 0 saturated carbocycles. The number of thiophene rings is 1. The Bertz CT molecular complexity index is 1420. The molecule has 7 nitrogen and oxygen atoms in total. The Morgan fingerprint density at radius 1 is 1.15 bits per heavy atom. The maximum Gasteiger partial charge on any atom is 0.278 e. The van der Waals surface area contributed by atoms with Crippen molar-refractivity contribution in [2.45, 2.75) is 59.0 Å². The molecule has 34 heavy (non-hydrogen) atoms. The lowest BCUT2D eigenvalue weighted by molar-refractivity contribution is 0.313. The van der Waals surface area contributed by atoms with Gasteiger partial charge in [-0.05, 0) is 67.4 Å². The van der Waals surface area contributed by atoms with Crippen molar-refractivity contribution < 1.29 is 0 Å². The summed E-state index contributed by atoms with van der Waals surface area (Å²) in [4.78, 5) is 26.2. The summed E-state index contributed by atoms with van der Waals surface area (Å²) in [5, 5.41) is 5.99. The van der Waals surface area contributed by atoms with Crippen LogP contribution in [0.5, 0.6) is 0 Å². The van der Waals surface area contributed by atoms with Crippen molar-refractivity contribution in [1.29, 1.82) is 0 Å². The Kier molecular flexibility index (Phi) is 5.61. The maximum absolute atomic E-state index is 13.3. The van der Waals surface area contributed by atoms with E-state index in [4.69, 9.17) is 4.98 Å². The van der Waals surface area contributed by atoms with Crippen molar-refractivity contribution in [1.82, 2.24) is 24.2 Å². The lowest BCUT2D eigenvalue weighted by Gasteiger charge is -2.25. The molecule has 0 saturated heterocycles. The third-order valence-electron chi connectivity index (χ3n) is 6.33. The number of hydrogen-bond donors (Lipinski definition) is 1. The highest BCUT2D eigenvalue weighted by Crippen LogP contribution is 2.35. The number of anilines is 2. The van der Waals surface area contributed by atoms with E-state index in [1.807, 2.05) is 18.5 Å². The van der Waals surface area contributed by atoms with Crippen molar-refractivity contribution in [3.8, 4) is 5.69 Å². The second-order valence-corrected chi connectivity index (χ2v) is 11.4. The van der Waals surface area contributed by atoms with Gasteiger partial charge in [-0.25, -0.2) is 14.3 Å². The Morgan fingerprint density at radius 3 is 2.68 bits per heavy atom. The van der Waals surface area contributed by atoms with E-state index >= 15 is 0 Å². The van der Waals surface area contributed by atoms with Crippen LogP contribution in [0.25, 0.3) is 16.7 Å². The lowest BCUT2D eigenvalue weighted by atomic mass is 9.93. The third kappa shape index (κ3) is 3.95. The summed E-state index contributed by atoms with van der Waals surface area (Å²) in [5.74, 6) is 0.488. The number of hydrogen-bond acceptors (Lipinski definition) is 6. The summed E-state index contributed by atoms with van der Waals surface area (Å²) in [7, 11) is 2.15. The molecule has 1 aliphatic heterocycles.